The highest BCUT2D eigenvalue weighted by Crippen LogP contribution is 2.38. The lowest BCUT2D eigenvalue weighted by Gasteiger charge is -2.33. The van der Waals surface area contributed by atoms with E-state index in [4.69, 9.17) is 4.74 Å². The van der Waals surface area contributed by atoms with Gasteiger partial charge >= 0.3 is 6.18 Å². The van der Waals surface area contributed by atoms with E-state index >= 15 is 0 Å². The number of carbonyl (C=O) groups is 1. The number of aryl methyl sites for hydroxylation is 1. The molecule has 2 aromatic carbocycles. The van der Waals surface area contributed by atoms with Crippen molar-refractivity contribution in [2.45, 2.75) is 51.7 Å². The first-order valence-corrected chi connectivity index (χ1v) is 16.2. The molecule has 0 spiro atoms. The average Bonchev–Trinajstić information content (AvgIpc) is 3.87. The van der Waals surface area contributed by atoms with Crippen LogP contribution in [-0.2, 0) is 17.5 Å². The Kier molecular flexibility index (Phi) is 9.57. The number of hydrogen-bond acceptors (Lipinski definition) is 6. The topological polar surface area (TPSA) is 69.7 Å². The summed E-state index contributed by atoms with van der Waals surface area (Å²) in [4.78, 5) is 20.9. The van der Waals surface area contributed by atoms with Gasteiger partial charge in [-0.3, -0.25) is 9.69 Å². The molecular weight excluding hydrogens is 603 g/mol. The van der Waals surface area contributed by atoms with Crippen molar-refractivity contribution in [3.63, 3.8) is 0 Å². The summed E-state index contributed by atoms with van der Waals surface area (Å²) in [5.74, 6) is 7.20. The Bertz CT molecular complexity index is 1740. The average molecular weight is 644 g/mol. The number of allylic oxidation sites excluding steroid dienone is 1. The maximum absolute atomic E-state index is 14.3. The third-order valence-corrected chi connectivity index (χ3v) is 9.12. The second-order valence-corrected chi connectivity index (χ2v) is 12.7. The number of piperazine rings is 1. The van der Waals surface area contributed by atoms with Crippen molar-refractivity contribution in [3.05, 3.63) is 87.6 Å². The van der Waals surface area contributed by atoms with Crippen LogP contribution in [0.15, 0.2) is 54.2 Å². The van der Waals surface area contributed by atoms with Gasteiger partial charge in [-0.15, -0.1) is 0 Å². The lowest BCUT2D eigenvalue weighted by atomic mass is 9.87. The van der Waals surface area contributed by atoms with Crippen LogP contribution in [0.4, 0.5) is 24.7 Å². The van der Waals surface area contributed by atoms with Crippen LogP contribution in [0.1, 0.15) is 65.5 Å². The second-order valence-electron chi connectivity index (χ2n) is 12.7. The van der Waals surface area contributed by atoms with Crippen LogP contribution in [0.25, 0.3) is 5.70 Å². The number of carbonyl (C=O) groups excluding carboxylic acids is 1. The number of amides is 1. The van der Waals surface area contributed by atoms with E-state index in [-0.39, 0.29) is 18.4 Å². The molecule has 6 rings (SSSR count). The summed E-state index contributed by atoms with van der Waals surface area (Å²) in [6.07, 6.45) is 1.74. The number of hydrogen-bond donors (Lipinski definition) is 2. The van der Waals surface area contributed by atoms with Crippen LogP contribution in [0.2, 0.25) is 0 Å². The first kappa shape index (κ1) is 32.6. The number of nitrogens with one attached hydrogen (secondary N) is 2. The van der Waals surface area contributed by atoms with Gasteiger partial charge in [0, 0.05) is 73.4 Å². The number of rotatable bonds is 8. The zero-order chi connectivity index (χ0) is 33.1. The van der Waals surface area contributed by atoms with Crippen molar-refractivity contribution in [1.82, 2.24) is 14.8 Å². The number of nitrogens with zero attached hydrogens (tertiary/aromatic N) is 3. The molecule has 0 atom stereocenters. The third kappa shape index (κ3) is 7.98. The number of anilines is 2. The highest BCUT2D eigenvalue weighted by Gasteiger charge is 2.34. The molecule has 3 aromatic rings. The molecule has 0 unspecified atom stereocenters. The molecule has 3 aliphatic rings. The van der Waals surface area contributed by atoms with Crippen molar-refractivity contribution >= 4 is 23.1 Å². The highest BCUT2D eigenvalue weighted by atomic mass is 19.4. The van der Waals surface area contributed by atoms with Crippen LogP contribution in [0.3, 0.4) is 0 Å². The predicted octanol–water partition coefficient (Wildman–Crippen LogP) is 6.92. The molecule has 0 bridgehead atoms. The SMILES string of the molecule is COc1cc(C#Cc2cc(C(Nc3ccc(CN4CCN(C)CC4)c(C(F)(F)F)c3)=C3CCC3)ccc2C)cnc1NC(=O)C1CC1. The van der Waals surface area contributed by atoms with Crippen molar-refractivity contribution < 1.29 is 22.7 Å². The number of likely N-dealkylation sites (N-methyl/N-ethyl adjacent to an activating group) is 1. The first-order valence-electron chi connectivity index (χ1n) is 16.2. The van der Waals surface area contributed by atoms with Crippen molar-refractivity contribution in [2.24, 2.45) is 5.92 Å². The molecule has 7 nitrogen and oxygen atoms in total. The van der Waals surface area contributed by atoms with E-state index in [9.17, 15) is 18.0 Å². The Balaban J connectivity index is 1.24. The first-order chi connectivity index (χ1) is 22.6. The molecule has 1 saturated heterocycles. The number of alkyl halides is 3. The Morgan fingerprint density at radius 1 is 1.02 bits per heavy atom. The molecule has 0 radical (unpaired) electrons. The van der Waals surface area contributed by atoms with Crippen LogP contribution in [0.5, 0.6) is 5.75 Å². The molecule has 47 heavy (non-hydrogen) atoms. The summed E-state index contributed by atoms with van der Waals surface area (Å²) in [5, 5.41) is 6.19. The summed E-state index contributed by atoms with van der Waals surface area (Å²) in [6, 6.07) is 12.3. The van der Waals surface area contributed by atoms with Gasteiger partial charge in [0.25, 0.3) is 0 Å². The summed E-state index contributed by atoms with van der Waals surface area (Å²) in [7, 11) is 3.55. The summed E-state index contributed by atoms with van der Waals surface area (Å²) in [5.41, 5.74) is 5.39. The Labute approximate surface area is 274 Å². The standard InChI is InChI=1S/C37H40F3N5O2/c1-24-7-9-29(20-28(24)10-8-25-19-33(47-3)35(41-22-25)43-36(46)27-11-12-27)34(26-5-4-6-26)42-31-14-13-30(32(21-31)37(38,39)40)23-45-17-15-44(2)16-18-45/h7,9,13-14,19-22,27,42H,4-6,11-12,15-18,23H2,1-3H3,(H,41,43,46). The number of pyridine rings is 1. The van der Waals surface area contributed by atoms with Gasteiger partial charge in [-0.25, -0.2) is 4.98 Å². The van der Waals surface area contributed by atoms with Crippen LogP contribution >= 0.6 is 0 Å². The van der Waals surface area contributed by atoms with Crippen LogP contribution in [0, 0.1) is 24.7 Å². The molecular formula is C37H40F3N5O2. The molecule has 2 aliphatic carbocycles. The minimum absolute atomic E-state index is 0.0451. The minimum Gasteiger partial charge on any atom is -0.493 e. The van der Waals surface area contributed by atoms with Crippen LogP contribution < -0.4 is 15.4 Å². The van der Waals surface area contributed by atoms with Gasteiger partial charge < -0.3 is 20.3 Å². The van der Waals surface area contributed by atoms with Gasteiger partial charge in [0.1, 0.15) is 0 Å². The third-order valence-electron chi connectivity index (χ3n) is 9.12. The van der Waals surface area contributed by atoms with E-state index in [0.717, 1.165) is 80.7 Å². The molecule has 1 amide bonds. The Morgan fingerprint density at radius 3 is 2.45 bits per heavy atom. The fourth-order valence-electron chi connectivity index (χ4n) is 5.79. The summed E-state index contributed by atoms with van der Waals surface area (Å²) < 4.78 is 48.4. The molecule has 10 heteroatoms. The maximum Gasteiger partial charge on any atom is 0.416 e. The minimum atomic E-state index is -4.46. The van der Waals surface area contributed by atoms with Crippen molar-refractivity contribution in [1.29, 1.82) is 0 Å². The molecule has 3 fully saturated rings. The van der Waals surface area contributed by atoms with E-state index in [1.165, 1.54) is 18.7 Å². The summed E-state index contributed by atoms with van der Waals surface area (Å²) in [6.45, 7) is 5.43. The normalized spacial score (nSPS) is 16.9. The molecule has 246 valence electrons. The van der Waals surface area contributed by atoms with Crippen molar-refractivity contribution in [2.75, 3.05) is 51.0 Å². The molecule has 1 aromatic heterocycles. The zero-order valence-corrected chi connectivity index (χ0v) is 27.1. The van der Waals surface area contributed by atoms with E-state index in [1.54, 1.807) is 24.4 Å². The van der Waals surface area contributed by atoms with Gasteiger partial charge in [0.2, 0.25) is 5.91 Å². The smallest absolute Gasteiger partial charge is 0.416 e. The van der Waals surface area contributed by atoms with E-state index < -0.39 is 11.7 Å². The highest BCUT2D eigenvalue weighted by molar-refractivity contribution is 5.94. The fourth-order valence-corrected chi connectivity index (χ4v) is 5.79. The van der Waals surface area contributed by atoms with Gasteiger partial charge in [-0.1, -0.05) is 30.0 Å². The van der Waals surface area contributed by atoms with Gasteiger partial charge in [0.15, 0.2) is 11.6 Å². The zero-order valence-electron chi connectivity index (χ0n) is 27.1. The number of ether oxygens (including phenoxy) is 1. The molecule has 2 heterocycles. The number of methoxy groups -OCH3 is 1. The van der Waals surface area contributed by atoms with E-state index in [0.29, 0.717) is 28.4 Å². The van der Waals surface area contributed by atoms with Crippen LogP contribution in [-0.4, -0.2) is 61.0 Å². The van der Waals surface area contributed by atoms with E-state index in [1.807, 2.05) is 32.2 Å². The number of aromatic nitrogens is 1. The second kappa shape index (κ2) is 13.8. The lowest BCUT2D eigenvalue weighted by molar-refractivity contribution is -0.138. The largest absolute Gasteiger partial charge is 0.493 e. The van der Waals surface area contributed by atoms with Crippen molar-refractivity contribution in [3.8, 4) is 17.6 Å². The van der Waals surface area contributed by atoms with Gasteiger partial charge in [-0.2, -0.15) is 13.2 Å². The predicted molar refractivity (Wildman–Crippen MR) is 178 cm³/mol. The fraction of sp³-hybridized carbons (Fsp3) is 0.405. The Morgan fingerprint density at radius 2 is 1.79 bits per heavy atom. The molecule has 2 N–H and O–H groups in total. The number of halogens is 3. The van der Waals surface area contributed by atoms with Gasteiger partial charge in [0.05, 0.1) is 12.7 Å². The summed E-state index contributed by atoms with van der Waals surface area (Å²) >= 11 is 0. The van der Waals surface area contributed by atoms with Gasteiger partial charge in [-0.05, 0) is 86.5 Å². The Hall–Kier alpha value is -4.33. The molecule has 1 aliphatic heterocycles. The van der Waals surface area contributed by atoms with E-state index in [2.05, 4.69) is 37.3 Å². The lowest BCUT2D eigenvalue weighted by Crippen LogP contribution is -2.44. The maximum atomic E-state index is 14.3. The molecule has 2 saturated carbocycles. The number of benzene rings is 2. The monoisotopic (exact) mass is 643 g/mol. The quantitative estimate of drug-likeness (QED) is 0.260.